The van der Waals surface area contributed by atoms with Gasteiger partial charge in [0.15, 0.2) is 16.6 Å². The lowest BCUT2D eigenvalue weighted by molar-refractivity contribution is -0.385. The van der Waals surface area contributed by atoms with Crippen molar-refractivity contribution >= 4 is 58.2 Å². The fourth-order valence-corrected chi connectivity index (χ4v) is 7.18. The molecule has 0 aliphatic carbocycles. The van der Waals surface area contributed by atoms with Crippen LogP contribution in [0.15, 0.2) is 29.8 Å². The predicted octanol–water partition coefficient (Wildman–Crippen LogP) is 10.1. The van der Waals surface area contributed by atoms with Crippen molar-refractivity contribution in [3.8, 4) is 17.6 Å². The van der Waals surface area contributed by atoms with E-state index in [-0.39, 0.29) is 58.6 Å². The number of nitro groups is 2. The van der Waals surface area contributed by atoms with Crippen LogP contribution in [0.4, 0.5) is 11.4 Å². The first kappa shape index (κ1) is 69.5. The zero-order valence-electron chi connectivity index (χ0n) is 43.2. The van der Waals surface area contributed by atoms with E-state index in [4.69, 9.17) is 34.8 Å². The lowest BCUT2D eigenvalue weighted by Gasteiger charge is -2.36. The quantitative estimate of drug-likeness (QED) is 0.0267. The second kappa shape index (κ2) is 31.9. The highest BCUT2D eigenvalue weighted by molar-refractivity contribution is 6.74. The van der Waals surface area contributed by atoms with Crippen LogP contribution in [-0.2, 0) is 23.2 Å². The van der Waals surface area contributed by atoms with Crippen molar-refractivity contribution in [2.45, 2.75) is 120 Å². The van der Waals surface area contributed by atoms with Gasteiger partial charge < -0.3 is 44.2 Å². The zero-order valence-corrected chi connectivity index (χ0v) is 45.2. The molecule has 0 fully saturated rings. The number of nitro benzene ring substituents is 2. The number of carboxylic acids is 1. The number of benzene rings is 2. The summed E-state index contributed by atoms with van der Waals surface area (Å²) in [5.74, 6) is -0.709. The number of rotatable bonds is 18. The van der Waals surface area contributed by atoms with Crippen molar-refractivity contribution in [1.29, 1.82) is 5.26 Å². The Labute approximate surface area is 411 Å². The van der Waals surface area contributed by atoms with Crippen molar-refractivity contribution in [3.63, 3.8) is 0 Å². The molecule has 2 aromatic carbocycles. The number of amides is 2. The van der Waals surface area contributed by atoms with Crippen molar-refractivity contribution in [1.82, 2.24) is 16.0 Å². The SMILES string of the molecule is C.CC(=O)O.CCN(CCO[Si](C)(C)C(C)(C)C)C(=O)/C(C#N)=C/c1cc(OC)c(C)c([N+](=O)[O-])c1.COc1cc(C=O)cc([N+](=O)[O-])c1C.N.[C-]#[N+]CC(=O)N(CC)CCO[Si](C)(C)C(C)(C)C. The number of likely N-dealkylation sites (N-methyl/N-ethyl adjacent to an activating group) is 2. The van der Waals surface area contributed by atoms with Gasteiger partial charge in [-0.2, -0.15) is 5.26 Å². The normalized spacial score (nSPS) is 11.0. The molecule has 20 nitrogen and oxygen atoms in total. The van der Waals surface area contributed by atoms with Crippen LogP contribution in [0.1, 0.15) is 96.8 Å². The predicted molar refractivity (Wildman–Crippen MR) is 275 cm³/mol. The largest absolute Gasteiger partial charge is 0.496 e. The van der Waals surface area contributed by atoms with Gasteiger partial charge in [-0.3, -0.25) is 39.4 Å². The third-order valence-electron chi connectivity index (χ3n) is 11.2. The second-order valence-corrected chi connectivity index (χ2v) is 27.6. The fourth-order valence-electron chi connectivity index (χ4n) is 5.11. The molecule has 0 saturated heterocycles. The molecule has 2 amide bonds. The van der Waals surface area contributed by atoms with Gasteiger partial charge >= 0.3 is 5.91 Å². The van der Waals surface area contributed by atoms with E-state index in [2.05, 4.69) is 72.6 Å². The first-order chi connectivity index (χ1) is 30.8. The number of nitrogens with zero attached hydrogens (tertiary/aromatic N) is 6. The van der Waals surface area contributed by atoms with Crippen LogP contribution in [-0.4, -0.2) is 126 Å². The lowest BCUT2D eigenvalue weighted by atomic mass is 10.1. The fraction of sp³-hybridized carbons (Fsp3) is 0.574. The molecule has 4 N–H and O–H groups in total. The van der Waals surface area contributed by atoms with Crippen molar-refractivity contribution in [2.75, 3.05) is 60.2 Å². The van der Waals surface area contributed by atoms with Gasteiger partial charge in [-0.05, 0) is 87.7 Å². The van der Waals surface area contributed by atoms with Crippen LogP contribution in [0.25, 0.3) is 10.9 Å². The minimum Gasteiger partial charge on any atom is -0.496 e. The molecule has 2 rings (SSSR count). The van der Waals surface area contributed by atoms with Gasteiger partial charge in [-0.1, -0.05) is 49.0 Å². The highest BCUT2D eigenvalue weighted by Crippen LogP contribution is 2.37. The van der Waals surface area contributed by atoms with Crippen molar-refractivity contribution < 1.29 is 52.5 Å². The molecule has 0 heterocycles. The highest BCUT2D eigenvalue weighted by atomic mass is 28.4. The van der Waals surface area contributed by atoms with E-state index in [9.17, 15) is 39.9 Å². The Balaban J connectivity index is -0.000000471. The molecule has 388 valence electrons. The van der Waals surface area contributed by atoms with Crippen LogP contribution < -0.4 is 15.6 Å². The monoisotopic (exact) mass is 1010 g/mol. The van der Waals surface area contributed by atoms with E-state index >= 15 is 0 Å². The molecule has 0 saturated carbocycles. The summed E-state index contributed by atoms with van der Waals surface area (Å²) >= 11 is 0. The average molecular weight is 1010 g/mol. The molecule has 0 aliphatic rings. The average Bonchev–Trinajstić information content (AvgIpc) is 3.22. The smallest absolute Gasteiger partial charge is 0.302 e. The summed E-state index contributed by atoms with van der Waals surface area (Å²) in [5.41, 5.74) is 1.05. The molecular formula is C47H79N7O13Si2. The standard InChI is InChI=1S/C22H33N3O5Si.C13H26N2O2Si.C9H9NO4.C2H4O2.CH4.H3N/c1-9-24(10-11-30-31(7,8)22(3,4)5)21(26)18(15-23)12-17-13-19(25(27)28)16(2)20(14-17)29-6;1-8-15(12(16)11-14-5)9-10-17-18(6,7)13(2,3)4;1-6-8(10(12)13)3-7(5-11)4-9(6)14-2;1-2(3)4;;/h12-14H,9-11H2,1-8H3;8-11H2,1-4,6-7H3;3-5H,1-2H3;1H3,(H,3,4);1H4;1H3/b18-12+;;;;;. The van der Waals surface area contributed by atoms with Crippen LogP contribution >= 0.6 is 0 Å². The lowest BCUT2D eigenvalue weighted by Crippen LogP contribution is -2.43. The molecule has 0 atom stereocenters. The van der Waals surface area contributed by atoms with Gasteiger partial charge in [0.05, 0.1) is 48.4 Å². The number of ether oxygens (including phenoxy) is 2. The summed E-state index contributed by atoms with van der Waals surface area (Å²) in [4.78, 5) is 71.2. The maximum Gasteiger partial charge on any atom is 0.302 e. The zero-order chi connectivity index (χ0) is 52.7. The minimum absolute atomic E-state index is 0. The summed E-state index contributed by atoms with van der Waals surface area (Å²) in [6.45, 7) is 39.3. The number of hydrogen-bond acceptors (Lipinski definition) is 14. The van der Waals surface area contributed by atoms with Gasteiger partial charge in [0, 0.05) is 50.8 Å². The summed E-state index contributed by atoms with van der Waals surface area (Å²) < 4.78 is 22.3. The molecule has 0 aliphatic heterocycles. The molecule has 22 heteroatoms. The Hall–Kier alpha value is -6.05. The summed E-state index contributed by atoms with van der Waals surface area (Å²) in [7, 11) is -0.863. The van der Waals surface area contributed by atoms with Crippen LogP contribution in [0.5, 0.6) is 11.5 Å². The number of aldehydes is 1. The Morgan fingerprint density at radius 3 is 1.48 bits per heavy atom. The minimum atomic E-state index is -1.94. The molecule has 0 radical (unpaired) electrons. The van der Waals surface area contributed by atoms with Crippen LogP contribution in [0.3, 0.4) is 0 Å². The van der Waals surface area contributed by atoms with Gasteiger partial charge in [0.2, 0.25) is 0 Å². The maximum atomic E-state index is 12.9. The third kappa shape index (κ3) is 23.7. The first-order valence-electron chi connectivity index (χ1n) is 21.4. The van der Waals surface area contributed by atoms with Gasteiger partial charge in [-0.25, -0.2) is 6.57 Å². The summed E-state index contributed by atoms with van der Waals surface area (Å²) in [6, 6.07) is 7.52. The Morgan fingerprint density at radius 1 is 0.812 bits per heavy atom. The molecule has 0 unspecified atom stereocenters. The van der Waals surface area contributed by atoms with E-state index < -0.39 is 38.4 Å². The van der Waals surface area contributed by atoms with Crippen molar-refractivity contribution in [3.05, 3.63) is 83.7 Å². The van der Waals surface area contributed by atoms with Crippen LogP contribution in [0, 0.1) is 52.0 Å². The molecular weight excluding hydrogens is 927 g/mol. The van der Waals surface area contributed by atoms with Gasteiger partial charge in [0.25, 0.3) is 29.8 Å². The molecule has 2 aromatic rings. The number of aliphatic carboxylic acids is 1. The molecule has 0 aromatic heterocycles. The van der Waals surface area contributed by atoms with E-state index in [1.54, 1.807) is 29.7 Å². The van der Waals surface area contributed by atoms with E-state index in [0.717, 1.165) is 6.92 Å². The molecule has 69 heavy (non-hydrogen) atoms. The number of carbonyl (C=O) groups is 4. The van der Waals surface area contributed by atoms with E-state index in [1.807, 2.05) is 19.9 Å². The van der Waals surface area contributed by atoms with Gasteiger partial charge in [-0.15, -0.1) is 0 Å². The van der Waals surface area contributed by atoms with Crippen molar-refractivity contribution in [2.24, 2.45) is 0 Å². The number of carboxylic acid groups (broad SMARTS) is 1. The Morgan fingerprint density at radius 2 is 1.17 bits per heavy atom. The first-order valence-corrected chi connectivity index (χ1v) is 27.2. The number of nitriles is 1. The second-order valence-electron chi connectivity index (χ2n) is 17.9. The third-order valence-corrected chi connectivity index (χ3v) is 20.3. The number of methoxy groups -OCH3 is 2. The Bertz CT molecular complexity index is 2130. The van der Waals surface area contributed by atoms with Crippen LogP contribution in [0.2, 0.25) is 36.3 Å². The molecule has 0 bridgehead atoms. The van der Waals surface area contributed by atoms with E-state index in [0.29, 0.717) is 73.9 Å². The van der Waals surface area contributed by atoms with E-state index in [1.165, 1.54) is 38.5 Å². The number of carbonyl (C=O) groups excluding carboxylic acids is 3. The van der Waals surface area contributed by atoms with Gasteiger partial charge in [0.1, 0.15) is 29.4 Å². The number of hydrogen-bond donors (Lipinski definition) is 2. The summed E-state index contributed by atoms with van der Waals surface area (Å²) in [5, 5.41) is 39.2. The summed E-state index contributed by atoms with van der Waals surface area (Å²) in [6.07, 6.45) is 1.91. The maximum absolute atomic E-state index is 12.9. The molecule has 0 spiro atoms. The highest BCUT2D eigenvalue weighted by Gasteiger charge is 2.38. The Kier molecular flexibility index (Phi) is 32.1. The topological polar surface area (TPSA) is 281 Å².